The largest absolute Gasteiger partial charge is 0.511 e. The van der Waals surface area contributed by atoms with Crippen molar-refractivity contribution in [1.82, 2.24) is 14.6 Å². The number of aromatic nitrogens is 1. The van der Waals surface area contributed by atoms with E-state index in [0.717, 1.165) is 7.11 Å². The molecule has 1 rings (SSSR count). The van der Waals surface area contributed by atoms with Crippen molar-refractivity contribution in [2.75, 3.05) is 27.0 Å². The van der Waals surface area contributed by atoms with E-state index in [4.69, 9.17) is 16.3 Å². The molecule has 1 heterocycles. The molecule has 0 fully saturated rings. The Kier molecular flexibility index (Phi) is 8.72. The predicted molar refractivity (Wildman–Crippen MR) is 90.4 cm³/mol. The molecule has 8 nitrogen and oxygen atoms in total. The number of alkyl halides is 3. The smallest absolute Gasteiger partial charge is 0.491 e. The number of carbonyl (C=O) groups is 1. The number of nitrogens with zero attached hydrogens (tertiary/aromatic N) is 2. The van der Waals surface area contributed by atoms with Crippen LogP contribution >= 0.6 is 11.6 Å². The maximum absolute atomic E-state index is 12.6. The fraction of sp³-hybridized carbons (Fsp3) is 0.571. The normalized spacial score (nSPS) is 12.3. The van der Waals surface area contributed by atoms with Gasteiger partial charge >= 0.3 is 15.5 Å². The number of ether oxygens (including phenoxy) is 2. The number of carbonyl (C=O) groups excluding carboxylic acids is 1. The molecule has 0 spiro atoms. The number of sulfonamides is 1. The van der Waals surface area contributed by atoms with Crippen molar-refractivity contribution in [1.29, 1.82) is 0 Å². The second-order valence-corrected chi connectivity index (χ2v) is 7.43. The standard InChI is InChI=1S/C14H19ClF3N3O5S/c1-3-12(22)19-7-10-6-11(8-20-13(10)15)26-5-4-21(9-25-2)27(23,24)14(16,17)18/h6,8H,3-5,7,9H2,1-2H3,(H,19,22). The molecule has 27 heavy (non-hydrogen) atoms. The molecular weight excluding hydrogens is 415 g/mol. The first-order valence-corrected chi connectivity index (χ1v) is 9.44. The van der Waals surface area contributed by atoms with Gasteiger partial charge in [-0.2, -0.15) is 17.5 Å². The second kappa shape index (κ2) is 10.1. The second-order valence-electron chi connectivity index (χ2n) is 5.14. The van der Waals surface area contributed by atoms with Crippen LogP contribution < -0.4 is 10.1 Å². The van der Waals surface area contributed by atoms with Crippen LogP contribution in [0.25, 0.3) is 0 Å². The zero-order chi connectivity index (χ0) is 20.7. The molecule has 0 aliphatic heterocycles. The Labute approximate surface area is 159 Å². The van der Waals surface area contributed by atoms with Gasteiger partial charge in [0.15, 0.2) is 0 Å². The van der Waals surface area contributed by atoms with E-state index in [1.807, 2.05) is 0 Å². The zero-order valence-corrected chi connectivity index (χ0v) is 16.1. The number of halogens is 4. The number of hydrogen-bond acceptors (Lipinski definition) is 6. The lowest BCUT2D eigenvalue weighted by Crippen LogP contribution is -2.43. The molecule has 0 saturated heterocycles. The number of methoxy groups -OCH3 is 1. The number of nitrogens with one attached hydrogen (secondary N) is 1. The van der Waals surface area contributed by atoms with Gasteiger partial charge in [0.25, 0.3) is 0 Å². The van der Waals surface area contributed by atoms with E-state index in [-0.39, 0.29) is 40.7 Å². The molecule has 154 valence electrons. The molecule has 0 saturated carbocycles. The first-order chi connectivity index (χ1) is 12.5. The van der Waals surface area contributed by atoms with Crippen LogP contribution in [0.3, 0.4) is 0 Å². The number of rotatable bonds is 10. The highest BCUT2D eigenvalue weighted by Crippen LogP contribution is 2.26. The van der Waals surface area contributed by atoms with Crippen LogP contribution in [0.15, 0.2) is 12.3 Å². The van der Waals surface area contributed by atoms with Gasteiger partial charge in [0.05, 0.1) is 12.7 Å². The molecule has 0 unspecified atom stereocenters. The molecule has 0 aromatic carbocycles. The van der Waals surface area contributed by atoms with Gasteiger partial charge in [-0.05, 0) is 6.07 Å². The minimum absolute atomic E-state index is 0.0912. The summed E-state index contributed by atoms with van der Waals surface area (Å²) >= 11 is 5.91. The van der Waals surface area contributed by atoms with Gasteiger partial charge in [-0.1, -0.05) is 18.5 Å². The molecule has 0 aliphatic carbocycles. The summed E-state index contributed by atoms with van der Waals surface area (Å²) in [7, 11) is -4.48. The van der Waals surface area contributed by atoms with E-state index in [1.54, 1.807) is 6.92 Å². The van der Waals surface area contributed by atoms with E-state index in [2.05, 4.69) is 15.0 Å². The Morgan fingerprint density at radius 2 is 2.07 bits per heavy atom. The van der Waals surface area contributed by atoms with Crippen LogP contribution in [0, 0.1) is 0 Å². The first kappa shape index (κ1) is 23.4. The minimum Gasteiger partial charge on any atom is -0.491 e. The van der Waals surface area contributed by atoms with Gasteiger partial charge in [-0.15, -0.1) is 0 Å². The van der Waals surface area contributed by atoms with Crippen molar-refractivity contribution in [2.24, 2.45) is 0 Å². The van der Waals surface area contributed by atoms with Crippen LogP contribution in [0.1, 0.15) is 18.9 Å². The third kappa shape index (κ3) is 6.79. The van der Waals surface area contributed by atoms with Crippen LogP contribution in [-0.2, 0) is 26.1 Å². The van der Waals surface area contributed by atoms with E-state index in [1.165, 1.54) is 12.3 Å². The summed E-state index contributed by atoms with van der Waals surface area (Å²) in [5.74, 6) is -0.0492. The lowest BCUT2D eigenvalue weighted by molar-refractivity contribution is -0.120. The Morgan fingerprint density at radius 1 is 1.41 bits per heavy atom. The van der Waals surface area contributed by atoms with Crippen molar-refractivity contribution in [3.8, 4) is 5.75 Å². The Balaban J connectivity index is 2.75. The van der Waals surface area contributed by atoms with Crippen molar-refractivity contribution in [3.63, 3.8) is 0 Å². The highest BCUT2D eigenvalue weighted by molar-refractivity contribution is 7.89. The van der Waals surface area contributed by atoms with E-state index >= 15 is 0 Å². The molecule has 1 aromatic heterocycles. The first-order valence-electron chi connectivity index (χ1n) is 7.62. The van der Waals surface area contributed by atoms with Crippen molar-refractivity contribution in [3.05, 3.63) is 23.0 Å². The van der Waals surface area contributed by atoms with Crippen molar-refractivity contribution in [2.45, 2.75) is 25.4 Å². The maximum Gasteiger partial charge on any atom is 0.511 e. The summed E-state index contributed by atoms with van der Waals surface area (Å²) in [6.07, 6.45) is 1.51. The number of hydrogen-bond donors (Lipinski definition) is 1. The van der Waals surface area contributed by atoms with Crippen molar-refractivity contribution >= 4 is 27.5 Å². The molecule has 0 radical (unpaired) electrons. The van der Waals surface area contributed by atoms with Gasteiger partial charge < -0.3 is 14.8 Å². The summed E-state index contributed by atoms with van der Waals surface area (Å²) < 4.78 is 70.7. The van der Waals surface area contributed by atoms with Gasteiger partial charge in [0.1, 0.15) is 24.2 Å². The van der Waals surface area contributed by atoms with Crippen LogP contribution in [0.2, 0.25) is 5.15 Å². The van der Waals surface area contributed by atoms with Crippen LogP contribution in [0.5, 0.6) is 5.75 Å². The summed E-state index contributed by atoms with van der Waals surface area (Å²) in [5.41, 5.74) is -5.01. The third-order valence-electron chi connectivity index (χ3n) is 3.20. The fourth-order valence-electron chi connectivity index (χ4n) is 1.80. The molecule has 1 aromatic rings. The predicted octanol–water partition coefficient (Wildman–Crippen LogP) is 1.90. The third-order valence-corrected chi connectivity index (χ3v) is 5.09. The topological polar surface area (TPSA) is 97.8 Å². The maximum atomic E-state index is 12.6. The quantitative estimate of drug-likeness (QED) is 0.447. The molecule has 1 N–H and O–H groups in total. The van der Waals surface area contributed by atoms with Crippen molar-refractivity contribution < 1.29 is 35.9 Å². The highest BCUT2D eigenvalue weighted by Gasteiger charge is 2.49. The monoisotopic (exact) mass is 433 g/mol. The van der Waals surface area contributed by atoms with Crippen LogP contribution in [-0.4, -0.2) is 56.1 Å². The van der Waals surface area contributed by atoms with E-state index in [9.17, 15) is 26.4 Å². The summed E-state index contributed by atoms with van der Waals surface area (Å²) in [6.45, 7) is 0.00474. The zero-order valence-electron chi connectivity index (χ0n) is 14.5. The van der Waals surface area contributed by atoms with Gasteiger partial charge in [0.2, 0.25) is 5.91 Å². The summed E-state index contributed by atoms with van der Waals surface area (Å²) in [4.78, 5) is 15.2. The Hall–Kier alpha value is -1.63. The molecular formula is C14H19ClF3N3O5S. The molecule has 0 atom stereocenters. The summed E-state index contributed by atoms with van der Waals surface area (Å²) in [6, 6.07) is 1.45. The molecule has 0 bridgehead atoms. The van der Waals surface area contributed by atoms with E-state index < -0.39 is 28.8 Å². The Morgan fingerprint density at radius 3 is 2.63 bits per heavy atom. The average molecular weight is 434 g/mol. The average Bonchev–Trinajstić information content (AvgIpc) is 2.59. The number of pyridine rings is 1. The highest BCUT2D eigenvalue weighted by atomic mass is 35.5. The lowest BCUT2D eigenvalue weighted by Gasteiger charge is -2.22. The summed E-state index contributed by atoms with van der Waals surface area (Å²) in [5, 5.41) is 2.72. The van der Waals surface area contributed by atoms with Gasteiger partial charge in [0, 0.05) is 25.6 Å². The lowest BCUT2D eigenvalue weighted by atomic mass is 10.2. The Bertz CT molecular complexity index is 746. The fourth-order valence-corrected chi connectivity index (χ4v) is 2.83. The van der Waals surface area contributed by atoms with Gasteiger partial charge in [-0.3, -0.25) is 4.79 Å². The SMILES string of the molecule is CCC(=O)NCc1cc(OCCN(COC)S(=O)(=O)C(F)(F)F)cnc1Cl. The number of amides is 1. The minimum atomic E-state index is -5.55. The molecule has 0 aliphatic rings. The molecule has 1 amide bonds. The van der Waals surface area contributed by atoms with Crippen LogP contribution in [0.4, 0.5) is 13.2 Å². The van der Waals surface area contributed by atoms with E-state index in [0.29, 0.717) is 5.56 Å². The van der Waals surface area contributed by atoms with Gasteiger partial charge in [-0.25, -0.2) is 13.4 Å². The molecule has 13 heteroatoms.